The van der Waals surface area contributed by atoms with E-state index >= 15 is 0 Å². The Morgan fingerprint density at radius 2 is 1.26 bits per heavy atom. The number of aliphatic carboxylic acids is 4. The van der Waals surface area contributed by atoms with E-state index < -0.39 is 54.3 Å². The van der Waals surface area contributed by atoms with Crippen molar-refractivity contribution < 1.29 is 48.0 Å². The van der Waals surface area contributed by atoms with Gasteiger partial charge in [-0.2, -0.15) is 0 Å². The molecule has 0 atom stereocenters. The van der Waals surface area contributed by atoms with Crippen molar-refractivity contribution in [1.29, 1.82) is 0 Å². The van der Waals surface area contributed by atoms with Crippen LogP contribution in [0.25, 0.3) is 0 Å². The Bertz CT molecular complexity index is 973. The fourth-order valence-electron chi connectivity index (χ4n) is 2.94. The van der Waals surface area contributed by atoms with Crippen LogP contribution >= 0.6 is 0 Å². The molecule has 1 aromatic rings. The molecule has 10 nitrogen and oxygen atoms in total. The van der Waals surface area contributed by atoms with Gasteiger partial charge in [0.05, 0.1) is 9.80 Å². The summed E-state index contributed by atoms with van der Waals surface area (Å²) in [7, 11) is -4.88. The number of allylic oxidation sites excluding steroid dienone is 2. The van der Waals surface area contributed by atoms with Gasteiger partial charge in [0, 0.05) is 0 Å². The van der Waals surface area contributed by atoms with Gasteiger partial charge in [-0.1, -0.05) is 30.4 Å². The lowest BCUT2D eigenvalue weighted by atomic mass is 9.60. The molecule has 0 spiro atoms. The van der Waals surface area contributed by atoms with E-state index in [1.165, 1.54) is 18.2 Å². The average molecular weight is 396 g/mol. The van der Waals surface area contributed by atoms with Gasteiger partial charge >= 0.3 is 23.9 Å². The largest absolute Gasteiger partial charge is 0.480 e. The van der Waals surface area contributed by atoms with Crippen molar-refractivity contribution >= 4 is 33.7 Å². The standard InChI is InChI=1S/C16H12O10S/c17-11(18)15(12(19)20)8-4-7-10(16(15,13(21)22)14(23)24)27(25,26)9-5-2-1-3-6-9/h1-8H,(H,17,18)(H,19,20)(H,21,22)(H,23,24). The van der Waals surface area contributed by atoms with E-state index in [4.69, 9.17) is 0 Å². The number of carboxylic acids is 4. The van der Waals surface area contributed by atoms with Crippen LogP contribution in [-0.4, -0.2) is 52.7 Å². The van der Waals surface area contributed by atoms with Gasteiger partial charge in [-0.05, 0) is 18.2 Å². The van der Waals surface area contributed by atoms with Crippen LogP contribution in [-0.2, 0) is 29.0 Å². The van der Waals surface area contributed by atoms with Gasteiger partial charge in [-0.25, -0.2) is 8.42 Å². The second kappa shape index (κ2) is 6.36. The Morgan fingerprint density at radius 3 is 1.67 bits per heavy atom. The molecule has 0 heterocycles. The minimum absolute atomic E-state index is 0.337. The Morgan fingerprint density at radius 1 is 0.778 bits per heavy atom. The minimum Gasteiger partial charge on any atom is -0.480 e. The average Bonchev–Trinajstić information content (AvgIpc) is 2.60. The van der Waals surface area contributed by atoms with E-state index in [2.05, 4.69) is 0 Å². The highest BCUT2D eigenvalue weighted by Crippen LogP contribution is 2.53. The van der Waals surface area contributed by atoms with Crippen molar-refractivity contribution in [2.75, 3.05) is 0 Å². The van der Waals surface area contributed by atoms with Gasteiger partial charge in [0.25, 0.3) is 0 Å². The summed E-state index contributed by atoms with van der Waals surface area (Å²) in [5.74, 6) is -9.58. The number of carbonyl (C=O) groups is 4. The number of carboxylic acid groups (broad SMARTS) is 4. The van der Waals surface area contributed by atoms with Gasteiger partial charge < -0.3 is 20.4 Å². The number of rotatable bonds is 6. The van der Waals surface area contributed by atoms with Gasteiger partial charge in [0.15, 0.2) is 0 Å². The summed E-state index contributed by atoms with van der Waals surface area (Å²) in [6.45, 7) is 0. The molecule has 1 aliphatic carbocycles. The second-order valence-corrected chi connectivity index (χ2v) is 7.40. The topological polar surface area (TPSA) is 183 Å². The summed E-state index contributed by atoms with van der Waals surface area (Å²) in [6, 6.07) is 6.06. The molecule has 0 unspecified atom stereocenters. The van der Waals surface area contributed by atoms with E-state index in [1.54, 1.807) is 0 Å². The molecule has 142 valence electrons. The van der Waals surface area contributed by atoms with Crippen LogP contribution in [0.4, 0.5) is 0 Å². The predicted octanol–water partition coefficient (Wildman–Crippen LogP) is 0.225. The molecule has 0 bridgehead atoms. The highest BCUT2D eigenvalue weighted by atomic mass is 32.2. The molecule has 0 aliphatic heterocycles. The van der Waals surface area contributed by atoms with Crippen LogP contribution in [0.5, 0.6) is 0 Å². The lowest BCUT2D eigenvalue weighted by molar-refractivity contribution is -0.186. The van der Waals surface area contributed by atoms with Gasteiger partial charge in [-0.3, -0.25) is 19.2 Å². The molecule has 0 radical (unpaired) electrons. The second-order valence-electron chi connectivity index (χ2n) is 5.49. The summed E-state index contributed by atoms with van der Waals surface area (Å²) >= 11 is 0. The van der Waals surface area contributed by atoms with Gasteiger partial charge in [0.1, 0.15) is 0 Å². The molecular weight excluding hydrogens is 384 g/mol. The summed E-state index contributed by atoms with van der Waals surface area (Å²) in [5.41, 5.74) is -7.44. The molecule has 2 rings (SSSR count). The van der Waals surface area contributed by atoms with Crippen LogP contribution in [0.2, 0.25) is 0 Å². The van der Waals surface area contributed by atoms with E-state index in [9.17, 15) is 48.0 Å². The van der Waals surface area contributed by atoms with Crippen molar-refractivity contribution in [2.45, 2.75) is 4.90 Å². The van der Waals surface area contributed by atoms with Crippen molar-refractivity contribution in [3.63, 3.8) is 0 Å². The molecule has 4 N–H and O–H groups in total. The van der Waals surface area contributed by atoms with E-state index in [1.807, 2.05) is 0 Å². The lowest BCUT2D eigenvalue weighted by Crippen LogP contribution is -2.62. The van der Waals surface area contributed by atoms with Gasteiger partial charge in [-0.15, -0.1) is 0 Å². The van der Waals surface area contributed by atoms with Crippen LogP contribution < -0.4 is 0 Å². The maximum absolute atomic E-state index is 12.9. The predicted molar refractivity (Wildman–Crippen MR) is 86.3 cm³/mol. The maximum Gasteiger partial charge on any atom is 0.328 e. The molecule has 11 heteroatoms. The lowest BCUT2D eigenvalue weighted by Gasteiger charge is -2.39. The van der Waals surface area contributed by atoms with Crippen LogP contribution in [0, 0.1) is 10.8 Å². The molecular formula is C16H12O10S. The first-order chi connectivity index (χ1) is 12.5. The van der Waals surface area contributed by atoms with Crippen molar-refractivity contribution in [3.8, 4) is 0 Å². The highest BCUT2D eigenvalue weighted by molar-refractivity contribution is 7.95. The van der Waals surface area contributed by atoms with Gasteiger partial charge in [0.2, 0.25) is 20.7 Å². The number of sulfone groups is 1. The van der Waals surface area contributed by atoms with E-state index in [0.717, 1.165) is 12.1 Å². The Hall–Kier alpha value is -3.47. The van der Waals surface area contributed by atoms with Crippen molar-refractivity contribution in [1.82, 2.24) is 0 Å². The third-order valence-corrected chi connectivity index (χ3v) is 6.13. The SMILES string of the molecule is O=C(O)C1(C(=O)O)C=CC=C(S(=O)(=O)c2ccccc2)C1(C(=O)O)C(=O)O. The van der Waals surface area contributed by atoms with E-state index in [0.29, 0.717) is 18.2 Å². The highest BCUT2D eigenvalue weighted by Gasteiger charge is 2.75. The zero-order valence-electron chi connectivity index (χ0n) is 13.3. The molecule has 0 fully saturated rings. The van der Waals surface area contributed by atoms with E-state index in [-0.39, 0.29) is 0 Å². The third-order valence-electron chi connectivity index (χ3n) is 4.21. The molecule has 0 saturated heterocycles. The Labute approximate surface area is 151 Å². The van der Waals surface area contributed by atoms with Crippen molar-refractivity contribution in [3.05, 3.63) is 53.5 Å². The number of hydrogen-bond donors (Lipinski definition) is 4. The first-order valence-electron chi connectivity index (χ1n) is 7.11. The molecule has 0 amide bonds. The van der Waals surface area contributed by atoms with Crippen LogP contribution in [0.3, 0.4) is 0 Å². The van der Waals surface area contributed by atoms with Crippen LogP contribution in [0.15, 0.2) is 58.4 Å². The van der Waals surface area contributed by atoms with Crippen molar-refractivity contribution in [2.24, 2.45) is 10.8 Å². The van der Waals surface area contributed by atoms with Crippen LogP contribution in [0.1, 0.15) is 0 Å². The first kappa shape index (κ1) is 19.8. The Kier molecular flexibility index (Phi) is 4.67. The maximum atomic E-state index is 12.9. The molecule has 1 aromatic carbocycles. The normalized spacial score (nSPS) is 17.6. The zero-order chi connectivity index (χ0) is 20.6. The zero-order valence-corrected chi connectivity index (χ0v) is 14.1. The minimum atomic E-state index is -4.88. The third kappa shape index (κ3) is 2.43. The first-order valence-corrected chi connectivity index (χ1v) is 8.59. The number of benzene rings is 1. The quantitative estimate of drug-likeness (QED) is 0.485. The molecule has 0 aromatic heterocycles. The Balaban J connectivity index is 3.02. The fraction of sp³-hybridized carbons (Fsp3) is 0.125. The summed E-state index contributed by atoms with van der Waals surface area (Å²) < 4.78 is 25.9. The summed E-state index contributed by atoms with van der Waals surface area (Å²) in [4.78, 5) is 45.6. The summed E-state index contributed by atoms with van der Waals surface area (Å²) in [5, 5.41) is 38.2. The fourth-order valence-corrected chi connectivity index (χ4v) is 4.70. The monoisotopic (exact) mass is 396 g/mol. The molecule has 1 aliphatic rings. The summed E-state index contributed by atoms with van der Waals surface area (Å²) in [6.07, 6.45) is 1.61. The molecule has 27 heavy (non-hydrogen) atoms. The molecule has 0 saturated carbocycles. The number of hydrogen-bond acceptors (Lipinski definition) is 6. The smallest absolute Gasteiger partial charge is 0.328 e.